The average molecular weight is 715 g/mol. The number of rotatable bonds is 12. The molecule has 0 radical (unpaired) electrons. The Hall–Kier alpha value is -2.54. The number of nitrogens with zero attached hydrogens (tertiary/aromatic N) is 7. The van der Waals surface area contributed by atoms with E-state index in [1.807, 2.05) is 79.9 Å². The Bertz CT molecular complexity index is 1380. The van der Waals surface area contributed by atoms with Crippen molar-refractivity contribution in [2.75, 3.05) is 26.7 Å². The van der Waals surface area contributed by atoms with Crippen LogP contribution in [0, 0.1) is 13.8 Å². The first-order chi connectivity index (χ1) is 20.1. The van der Waals surface area contributed by atoms with Crippen LogP contribution in [0.1, 0.15) is 65.5 Å². The number of fused-ring (bicyclic) bond motifs is 1. The lowest BCUT2D eigenvalue weighted by atomic mass is 10.1. The van der Waals surface area contributed by atoms with Gasteiger partial charge in [-0.3, -0.25) is 9.98 Å². The van der Waals surface area contributed by atoms with Gasteiger partial charge in [0, 0.05) is 25.1 Å². The number of halogens is 1. The summed E-state index contributed by atoms with van der Waals surface area (Å²) in [6.45, 7) is 22.3. The quantitative estimate of drug-likeness (QED) is 0.0699. The summed E-state index contributed by atoms with van der Waals surface area (Å²) in [5.41, 5.74) is 12.3. The Kier molecular flexibility index (Phi) is 16.2. The predicted octanol–water partition coefficient (Wildman–Crippen LogP) is 6.69. The fourth-order valence-corrected chi connectivity index (χ4v) is 5.83. The molecule has 0 fully saturated rings. The van der Waals surface area contributed by atoms with Gasteiger partial charge in [0.1, 0.15) is 6.10 Å². The molecule has 2 atom stereocenters. The fraction of sp³-hybridized carbons (Fsp3) is 0.517. The smallest absolute Gasteiger partial charge is 0.221 e. The maximum atomic E-state index is 10.7. The number of hydrogen-bond acceptors (Lipinski definition) is 9. The standard InChI is InChI=1S/C25H36IN8O3P.2C2H6/c1-9-19-18-11-20(29-17(6)23(18)34(31-19)38-26)22-16(5)30-32(8)25(22)37-14(3)12-33(35)13-21(28-7)15(4)24(27)36-10-2;2*1-2/h9,11,14,35,38H,1,10,12-13,27H2,2-8H3;2*1-2H3/b24-15+,28-21?;;. The predicted molar refractivity (Wildman–Crippen MR) is 185 cm³/mol. The number of aliphatic imine (C=N–C) groups is 1. The average Bonchev–Trinajstić information content (AvgIpc) is 3.48. The van der Waals surface area contributed by atoms with Gasteiger partial charge in [-0.15, -0.1) is 0 Å². The zero-order chi connectivity index (χ0) is 32.1. The summed E-state index contributed by atoms with van der Waals surface area (Å²) in [4.78, 5) is 9.17. The van der Waals surface area contributed by atoms with Crippen molar-refractivity contribution in [2.45, 2.75) is 68.4 Å². The van der Waals surface area contributed by atoms with Crippen molar-refractivity contribution in [1.82, 2.24) is 29.4 Å². The summed E-state index contributed by atoms with van der Waals surface area (Å²) in [7, 11) is 3.49. The number of aryl methyl sites for hydroxylation is 3. The van der Waals surface area contributed by atoms with E-state index in [9.17, 15) is 5.21 Å². The van der Waals surface area contributed by atoms with Crippen LogP contribution in [0.2, 0.25) is 0 Å². The molecule has 3 aromatic rings. The normalized spacial score (nSPS) is 13.0. The molecule has 3 N–H and O–H groups in total. The van der Waals surface area contributed by atoms with Gasteiger partial charge in [-0.05, 0) is 68.8 Å². The van der Waals surface area contributed by atoms with Crippen molar-refractivity contribution >= 4 is 51.1 Å². The van der Waals surface area contributed by atoms with Crippen molar-refractivity contribution in [1.29, 1.82) is 0 Å². The molecule has 234 valence electrons. The lowest BCUT2D eigenvalue weighted by Gasteiger charge is -2.22. The third-order valence-electron chi connectivity index (χ3n) is 6.05. The summed E-state index contributed by atoms with van der Waals surface area (Å²) in [5.74, 6) is 0.865. The SMILES string of the molecule is C=Cc1nn(PI)c2c(C)nc(-c3c(C)nn(C)c3OC(C)CN(O)CC(=NC)/C(C)=C(\N)OCC)cc12.CC.CC. The minimum absolute atomic E-state index is 0.171. The van der Waals surface area contributed by atoms with Crippen LogP contribution in [0.25, 0.3) is 28.2 Å². The van der Waals surface area contributed by atoms with Gasteiger partial charge in [0.25, 0.3) is 0 Å². The number of hydrogen-bond donors (Lipinski definition) is 2. The van der Waals surface area contributed by atoms with Crippen molar-refractivity contribution in [3.8, 4) is 17.1 Å². The van der Waals surface area contributed by atoms with Gasteiger partial charge >= 0.3 is 0 Å². The molecular formula is C29H48IN8O3P. The monoisotopic (exact) mass is 714 g/mol. The van der Waals surface area contributed by atoms with Crippen LogP contribution in [-0.4, -0.2) is 73.1 Å². The highest BCUT2D eigenvalue weighted by Crippen LogP contribution is 2.37. The van der Waals surface area contributed by atoms with Gasteiger partial charge in [-0.1, -0.05) is 34.3 Å². The summed E-state index contributed by atoms with van der Waals surface area (Å²) in [6, 6.07) is 2.02. The third-order valence-corrected chi connectivity index (χ3v) is 7.90. The molecule has 11 nitrogen and oxygen atoms in total. The molecule has 0 amide bonds. The Labute approximate surface area is 265 Å². The van der Waals surface area contributed by atoms with Gasteiger partial charge in [-0.25, -0.2) is 9.13 Å². The van der Waals surface area contributed by atoms with E-state index < -0.39 is 0 Å². The summed E-state index contributed by atoms with van der Waals surface area (Å²) in [6.07, 6.45) is 1.83. The van der Waals surface area contributed by atoms with Gasteiger partial charge in [0.15, 0.2) is 5.88 Å². The molecule has 0 aliphatic carbocycles. The van der Waals surface area contributed by atoms with E-state index in [1.165, 1.54) is 0 Å². The summed E-state index contributed by atoms with van der Waals surface area (Å²) in [5, 5.41) is 22.1. The zero-order valence-corrected chi connectivity index (χ0v) is 30.1. The van der Waals surface area contributed by atoms with E-state index in [1.54, 1.807) is 17.8 Å². The lowest BCUT2D eigenvalue weighted by molar-refractivity contribution is -0.0946. The van der Waals surface area contributed by atoms with Crippen molar-refractivity contribution in [3.05, 3.63) is 41.2 Å². The molecule has 0 saturated heterocycles. The number of pyridine rings is 1. The molecule has 0 spiro atoms. The van der Waals surface area contributed by atoms with Crippen molar-refractivity contribution < 1.29 is 14.7 Å². The first kappa shape index (κ1) is 37.5. The van der Waals surface area contributed by atoms with E-state index in [2.05, 4.69) is 43.8 Å². The molecule has 42 heavy (non-hydrogen) atoms. The Morgan fingerprint density at radius 3 is 2.45 bits per heavy atom. The second-order valence-electron chi connectivity index (χ2n) is 8.83. The Balaban J connectivity index is 0.00000211. The second-order valence-corrected chi connectivity index (χ2v) is 10.9. The molecule has 3 heterocycles. The summed E-state index contributed by atoms with van der Waals surface area (Å²) >= 11 is 2.31. The molecule has 3 aromatic heterocycles. The lowest BCUT2D eigenvalue weighted by Crippen LogP contribution is -2.36. The van der Waals surface area contributed by atoms with Crippen molar-refractivity contribution in [2.24, 2.45) is 17.8 Å². The number of ether oxygens (including phenoxy) is 2. The minimum Gasteiger partial charge on any atom is -0.479 e. The highest BCUT2D eigenvalue weighted by atomic mass is 127. The van der Waals surface area contributed by atoms with E-state index in [-0.39, 0.29) is 19.2 Å². The fourth-order valence-electron chi connectivity index (χ4n) is 4.27. The molecule has 0 aliphatic heterocycles. The van der Waals surface area contributed by atoms with Crippen LogP contribution in [0.3, 0.4) is 0 Å². The first-order valence-electron chi connectivity index (χ1n) is 14.1. The van der Waals surface area contributed by atoms with Crippen LogP contribution < -0.4 is 10.5 Å². The van der Waals surface area contributed by atoms with E-state index in [0.29, 0.717) is 36.0 Å². The Morgan fingerprint density at radius 2 is 1.90 bits per heavy atom. The van der Waals surface area contributed by atoms with Gasteiger partial charge in [-0.2, -0.15) is 15.3 Å². The Morgan fingerprint density at radius 1 is 1.26 bits per heavy atom. The van der Waals surface area contributed by atoms with E-state index >= 15 is 0 Å². The first-order valence-corrected chi connectivity index (χ1v) is 18.2. The van der Waals surface area contributed by atoms with E-state index in [4.69, 9.17) is 20.2 Å². The highest BCUT2D eigenvalue weighted by Gasteiger charge is 2.24. The molecular weight excluding hydrogens is 666 g/mol. The molecule has 2 unspecified atom stereocenters. The zero-order valence-electron chi connectivity index (χ0n) is 26.9. The third kappa shape index (κ3) is 8.98. The van der Waals surface area contributed by atoms with Crippen LogP contribution in [0.5, 0.6) is 5.88 Å². The number of aromatic nitrogens is 5. The van der Waals surface area contributed by atoms with Crippen LogP contribution in [0.15, 0.2) is 29.1 Å². The molecule has 13 heteroatoms. The molecule has 3 rings (SSSR count). The van der Waals surface area contributed by atoms with Crippen LogP contribution in [0.4, 0.5) is 0 Å². The topological polar surface area (TPSA) is 129 Å². The number of nitrogens with two attached hydrogens (primary N) is 1. The van der Waals surface area contributed by atoms with Crippen LogP contribution >= 0.6 is 28.4 Å². The second kappa shape index (κ2) is 18.2. The van der Waals surface area contributed by atoms with E-state index in [0.717, 1.165) is 44.3 Å². The van der Waals surface area contributed by atoms with Crippen molar-refractivity contribution in [3.63, 3.8) is 0 Å². The highest BCUT2D eigenvalue weighted by molar-refractivity contribution is 14.2. The maximum Gasteiger partial charge on any atom is 0.221 e. The molecule has 0 aliphatic rings. The molecule has 0 saturated carbocycles. The van der Waals surface area contributed by atoms with Gasteiger partial charge < -0.3 is 20.4 Å². The molecule has 0 bridgehead atoms. The minimum atomic E-state index is -0.378. The van der Waals surface area contributed by atoms with Crippen LogP contribution in [-0.2, 0) is 11.8 Å². The van der Waals surface area contributed by atoms with Gasteiger partial charge in [0.2, 0.25) is 5.88 Å². The summed E-state index contributed by atoms with van der Waals surface area (Å²) < 4.78 is 15.4. The van der Waals surface area contributed by atoms with Gasteiger partial charge in [0.05, 0.1) is 65.6 Å². The molecule has 0 aromatic carbocycles. The largest absolute Gasteiger partial charge is 0.479 e. The maximum absolute atomic E-state index is 10.7. The number of hydroxylamine groups is 2.